The summed E-state index contributed by atoms with van der Waals surface area (Å²) < 4.78 is 54.4. The van der Waals surface area contributed by atoms with Gasteiger partial charge < -0.3 is 104 Å². The van der Waals surface area contributed by atoms with Crippen LogP contribution in [0.25, 0.3) is 0 Å². The van der Waals surface area contributed by atoms with Crippen molar-refractivity contribution in [1.82, 2.24) is 0 Å². The van der Waals surface area contributed by atoms with E-state index in [0.717, 1.165) is 12.5 Å². The van der Waals surface area contributed by atoms with Crippen LogP contribution in [0.4, 0.5) is 0 Å². The molecule has 0 amide bonds. The van der Waals surface area contributed by atoms with Gasteiger partial charge in [0.05, 0.1) is 42.4 Å². The van der Waals surface area contributed by atoms with Crippen molar-refractivity contribution in [3.05, 3.63) is 11.6 Å². The topological polar surface area (TPSA) is 394 Å². The predicted octanol–water partition coefficient (Wildman–Crippen LogP) is -0.641. The van der Waals surface area contributed by atoms with Gasteiger partial charge in [-0.25, -0.2) is 4.79 Å². The van der Waals surface area contributed by atoms with Crippen molar-refractivity contribution in [3.63, 3.8) is 0 Å². The monoisotopic (exact) mass is 1140 g/mol. The molecule has 0 bridgehead atoms. The molecule has 4 aliphatic heterocycles. The van der Waals surface area contributed by atoms with Gasteiger partial charge in [-0.15, -0.1) is 0 Å². The number of esters is 2. The van der Waals surface area contributed by atoms with Crippen molar-refractivity contribution in [3.8, 4) is 0 Å². The largest absolute Gasteiger partial charge is 0.481 e. The van der Waals surface area contributed by atoms with Gasteiger partial charge in [-0.3, -0.25) is 14.4 Å². The van der Waals surface area contributed by atoms with E-state index >= 15 is 4.79 Å². The van der Waals surface area contributed by atoms with E-state index in [-0.39, 0.29) is 17.8 Å². The molecule has 4 heterocycles. The van der Waals surface area contributed by atoms with E-state index in [9.17, 15) is 75.7 Å². The highest BCUT2D eigenvalue weighted by Crippen LogP contribution is 2.76. The molecule has 9 rings (SSSR count). The van der Waals surface area contributed by atoms with Crippen LogP contribution in [0.15, 0.2) is 11.6 Å². The summed E-state index contributed by atoms with van der Waals surface area (Å²) >= 11 is 0. The Balaban J connectivity index is 1.04. The number of aliphatic hydroxyl groups excluding tert-OH is 9. The molecule has 9 aliphatic rings. The summed E-state index contributed by atoms with van der Waals surface area (Å²) in [7, 11) is 0. The number of hydrogen-bond donors (Lipinski definition) is 12. The second-order valence-electron chi connectivity index (χ2n) is 26.5. The first-order chi connectivity index (χ1) is 37.2. The molecule has 0 radical (unpaired) electrons. The number of hydrogen-bond acceptors (Lipinski definition) is 23. The standard InChI is InChI=1S/C55H84O25/c1-22-30(59)31(60)34(63)43(73-22)78-39-38(77-46-40(65)55(71,20-56)21-72-46)36(75-24(3)57)23(2)74-45(39)80-48(70)54-16-14-49(4,5)18-26(54)25-10-11-28-50(6)19-27(58)41(79-44-35(64)32(61)33(62)37(76-44)42(66)67)53(9,47(68)69)29(50)12-13-52(28,8)51(25,7)15-17-54/h10,22-23,26-41,43-46,56,58-65,71H,11-21H2,1-9H3,(H,66,67)(H,68,69)/t22-,23+,26-,27-,28?,29?,30-,31+,32-,33-,34+,35+,36-,37-,38-,39+,40-,41-,43-,44-,45-,46-,50+,51+,52+,53-,54-,55+/m0/s1. The molecule has 4 saturated carbocycles. The van der Waals surface area contributed by atoms with E-state index in [1.807, 2.05) is 6.92 Å². The van der Waals surface area contributed by atoms with Gasteiger partial charge in [0.1, 0.15) is 60.5 Å². The molecule has 0 aromatic heterocycles. The minimum Gasteiger partial charge on any atom is -0.481 e. The van der Waals surface area contributed by atoms with Crippen molar-refractivity contribution in [1.29, 1.82) is 0 Å². The number of carboxylic acids is 2. The van der Waals surface area contributed by atoms with Crippen LogP contribution in [-0.4, -0.2) is 221 Å². The Morgan fingerprint density at radius 3 is 1.89 bits per heavy atom. The molecular weight excluding hydrogens is 1060 g/mol. The maximum absolute atomic E-state index is 15.7. The summed E-state index contributed by atoms with van der Waals surface area (Å²) in [5, 5.41) is 130. The molecular formula is C55H84O25. The molecule has 0 spiro atoms. The second kappa shape index (κ2) is 21.5. The van der Waals surface area contributed by atoms with E-state index in [4.69, 9.17) is 42.6 Å². The van der Waals surface area contributed by atoms with E-state index in [0.29, 0.717) is 51.4 Å². The van der Waals surface area contributed by atoms with Crippen molar-refractivity contribution in [2.24, 2.45) is 50.2 Å². The van der Waals surface area contributed by atoms with Crippen molar-refractivity contribution in [2.75, 3.05) is 13.2 Å². The van der Waals surface area contributed by atoms with Gasteiger partial charge in [-0.05, 0) is 118 Å². The third kappa shape index (κ3) is 9.66. The lowest BCUT2D eigenvalue weighted by Gasteiger charge is -2.71. The summed E-state index contributed by atoms with van der Waals surface area (Å²) in [6, 6.07) is 0. The normalized spacial score (nSPS) is 52.7. The van der Waals surface area contributed by atoms with E-state index in [1.54, 1.807) is 0 Å². The number of allylic oxidation sites excluding steroid dienone is 2. The van der Waals surface area contributed by atoms with Crippen LogP contribution >= 0.6 is 0 Å². The summed E-state index contributed by atoms with van der Waals surface area (Å²) in [5.74, 6) is -5.75. The van der Waals surface area contributed by atoms with Gasteiger partial charge in [-0.2, -0.15) is 0 Å². The summed E-state index contributed by atoms with van der Waals surface area (Å²) in [4.78, 5) is 54.2. The Labute approximate surface area is 463 Å². The molecule has 8 fully saturated rings. The summed E-state index contributed by atoms with van der Waals surface area (Å²) in [5.41, 5.74) is -6.50. The molecule has 25 nitrogen and oxygen atoms in total. The summed E-state index contributed by atoms with van der Waals surface area (Å²) in [6.07, 6.45) is -26.4. The van der Waals surface area contributed by atoms with Gasteiger partial charge in [0.2, 0.25) is 6.29 Å². The third-order valence-electron chi connectivity index (χ3n) is 21.4. The van der Waals surface area contributed by atoms with Crippen LogP contribution in [-0.2, 0) is 61.8 Å². The zero-order valence-electron chi connectivity index (χ0n) is 46.7. The molecule has 4 saturated heterocycles. The molecule has 0 aromatic rings. The van der Waals surface area contributed by atoms with Crippen LogP contribution in [0.2, 0.25) is 0 Å². The molecule has 80 heavy (non-hydrogen) atoms. The number of rotatable bonds is 12. The van der Waals surface area contributed by atoms with Gasteiger partial charge >= 0.3 is 23.9 Å². The maximum Gasteiger partial charge on any atom is 0.335 e. The Hall–Kier alpha value is -3.06. The highest BCUT2D eigenvalue weighted by molar-refractivity contribution is 5.79. The van der Waals surface area contributed by atoms with Crippen molar-refractivity contribution < 1.29 is 123 Å². The maximum atomic E-state index is 15.7. The number of aliphatic hydroxyl groups is 10. The first-order valence-corrected chi connectivity index (χ1v) is 28.0. The smallest absolute Gasteiger partial charge is 0.335 e. The lowest BCUT2D eigenvalue weighted by Crippen LogP contribution is -2.70. The van der Waals surface area contributed by atoms with Gasteiger partial charge in [0, 0.05) is 6.92 Å². The minimum absolute atomic E-state index is 0.0371. The Kier molecular flexibility index (Phi) is 16.5. The van der Waals surface area contributed by atoms with Gasteiger partial charge in [0.15, 0.2) is 37.2 Å². The van der Waals surface area contributed by atoms with Gasteiger partial charge in [-0.1, -0.05) is 46.3 Å². The van der Waals surface area contributed by atoms with E-state index < -0.39 is 198 Å². The Morgan fingerprint density at radius 1 is 0.662 bits per heavy atom. The van der Waals surface area contributed by atoms with Crippen LogP contribution < -0.4 is 0 Å². The average Bonchev–Trinajstić information content (AvgIpc) is 2.27. The molecule has 12 N–H and O–H groups in total. The van der Waals surface area contributed by atoms with Crippen molar-refractivity contribution >= 4 is 23.9 Å². The van der Waals surface area contributed by atoms with Crippen molar-refractivity contribution in [2.45, 2.75) is 242 Å². The lowest BCUT2D eigenvalue weighted by atomic mass is 9.33. The molecule has 0 aromatic carbocycles. The minimum atomic E-state index is -2.17. The highest BCUT2D eigenvalue weighted by Gasteiger charge is 2.73. The van der Waals surface area contributed by atoms with Gasteiger partial charge in [0.25, 0.3) is 0 Å². The first-order valence-electron chi connectivity index (χ1n) is 28.0. The molecule has 454 valence electrons. The number of carboxylic acid groups (broad SMARTS) is 2. The average molecular weight is 1150 g/mol. The van der Waals surface area contributed by atoms with E-state index in [2.05, 4.69) is 33.8 Å². The SMILES string of the molecule is CC(=O)O[C@@H]1[C@H](O[C@@H]2OC[C@](O)(CO)[C@H]2O)[C@@H](O[C@@H]2O[C@@H](C)[C@H](O)[C@@H](O)[C@H]2O)[C@H](OC(=O)[C@]23CCC(C)(C)C[C@H]2C2=CCC4[C@@]5(C)C[C@H](O)[C@H](O[C@@H]6O[C@H](C(=O)O)[C@@H](O)[C@H](O)[C@H]6O)[C@@](C)(C(=O)O)C5CC[C@@]4(C)[C@]2(C)CC3)O[C@@H]1C. The highest BCUT2D eigenvalue weighted by atomic mass is 16.8. The predicted molar refractivity (Wildman–Crippen MR) is 267 cm³/mol. The summed E-state index contributed by atoms with van der Waals surface area (Å²) in [6.45, 7) is 14.7. The van der Waals surface area contributed by atoms with Crippen LogP contribution in [0.3, 0.4) is 0 Å². The molecule has 28 atom stereocenters. The zero-order valence-corrected chi connectivity index (χ0v) is 46.7. The van der Waals surface area contributed by atoms with Crippen LogP contribution in [0, 0.1) is 50.2 Å². The van der Waals surface area contributed by atoms with Crippen LogP contribution in [0.1, 0.15) is 120 Å². The quantitative estimate of drug-likeness (QED) is 0.0657. The molecule has 2 unspecified atom stereocenters. The number of carbonyl (C=O) groups excluding carboxylic acids is 2. The molecule has 5 aliphatic carbocycles. The Morgan fingerprint density at radius 2 is 1.27 bits per heavy atom. The second-order valence-corrected chi connectivity index (χ2v) is 26.5. The van der Waals surface area contributed by atoms with E-state index in [1.165, 1.54) is 20.8 Å². The first kappa shape index (κ1) is 61.5. The Bertz CT molecular complexity index is 2390. The number of aliphatic carboxylic acids is 2. The number of carbonyl (C=O) groups is 4. The fraction of sp³-hybridized carbons (Fsp3) is 0.891. The number of fused-ring (bicyclic) bond motifs is 7. The van der Waals surface area contributed by atoms with Crippen LogP contribution in [0.5, 0.6) is 0 Å². The fourth-order valence-electron chi connectivity index (χ4n) is 16.5. The number of ether oxygens (including phenoxy) is 9. The fourth-order valence-corrected chi connectivity index (χ4v) is 16.5. The molecule has 25 heteroatoms. The third-order valence-corrected chi connectivity index (χ3v) is 21.4. The zero-order chi connectivity index (χ0) is 58.9. The lowest BCUT2D eigenvalue weighted by molar-refractivity contribution is -0.372.